The summed E-state index contributed by atoms with van der Waals surface area (Å²) >= 11 is 0. The number of hydrogen-bond acceptors (Lipinski definition) is 5. The second kappa shape index (κ2) is 5.45. The number of rotatable bonds is 3. The van der Waals surface area contributed by atoms with Gasteiger partial charge in [-0.3, -0.25) is 4.90 Å². The molecule has 0 bridgehead atoms. The Bertz CT molecular complexity index is 367. The van der Waals surface area contributed by atoms with Crippen LogP contribution in [0.4, 0.5) is 0 Å². The van der Waals surface area contributed by atoms with Crippen molar-refractivity contribution in [2.45, 2.75) is 49.4 Å². The molecule has 0 aromatic carbocycles. The van der Waals surface area contributed by atoms with Crippen LogP contribution in [0.15, 0.2) is 0 Å². The van der Waals surface area contributed by atoms with Crippen molar-refractivity contribution in [3.63, 3.8) is 0 Å². The minimum absolute atomic E-state index is 0.193. The van der Waals surface area contributed by atoms with Crippen LogP contribution in [0.1, 0.15) is 26.7 Å². The fourth-order valence-electron chi connectivity index (χ4n) is 2.93. The van der Waals surface area contributed by atoms with Gasteiger partial charge in [-0.15, -0.1) is 0 Å². The Morgan fingerprint density at radius 1 is 1.17 bits per heavy atom. The topological polar surface area (TPSA) is 72.6 Å². The Morgan fingerprint density at radius 3 is 2.22 bits per heavy atom. The molecule has 18 heavy (non-hydrogen) atoms. The predicted molar refractivity (Wildman–Crippen MR) is 71.2 cm³/mol. The molecule has 0 aromatic rings. The van der Waals surface area contributed by atoms with E-state index in [4.69, 9.17) is 10.5 Å². The maximum absolute atomic E-state index is 11.9. The molecule has 5 nitrogen and oxygen atoms in total. The molecule has 2 saturated heterocycles. The van der Waals surface area contributed by atoms with Gasteiger partial charge in [0.1, 0.15) is 0 Å². The number of nitrogens with two attached hydrogens (primary N) is 1. The van der Waals surface area contributed by atoms with E-state index >= 15 is 0 Å². The fraction of sp³-hybridized carbons (Fsp3) is 1.00. The smallest absolute Gasteiger partial charge is 0.157 e. The summed E-state index contributed by atoms with van der Waals surface area (Å²) in [5, 5.41) is -0.541. The summed E-state index contributed by atoms with van der Waals surface area (Å²) in [6, 6.07) is 0. The molecule has 0 radical (unpaired) electrons. The van der Waals surface area contributed by atoms with E-state index < -0.39 is 9.84 Å². The van der Waals surface area contributed by atoms with Crippen molar-refractivity contribution in [1.82, 2.24) is 4.90 Å². The highest BCUT2D eigenvalue weighted by molar-refractivity contribution is 7.92. The Balaban J connectivity index is 1.89. The molecule has 0 aromatic heterocycles. The Kier molecular flexibility index (Phi) is 4.31. The van der Waals surface area contributed by atoms with Crippen LogP contribution < -0.4 is 5.73 Å². The quantitative estimate of drug-likeness (QED) is 0.785. The summed E-state index contributed by atoms with van der Waals surface area (Å²) in [6.45, 7) is 6.27. The monoisotopic (exact) mass is 276 g/mol. The first-order valence-electron chi connectivity index (χ1n) is 6.74. The largest absolute Gasteiger partial charge is 0.372 e. The van der Waals surface area contributed by atoms with Gasteiger partial charge in [-0.2, -0.15) is 0 Å². The first-order valence-corrected chi connectivity index (χ1v) is 8.35. The summed E-state index contributed by atoms with van der Waals surface area (Å²) in [5.74, 6) is 0. The SMILES string of the molecule is CC1CN(C[C@@H]2CC[C@H](CN)O2)CC(C)S1(=O)=O. The van der Waals surface area contributed by atoms with Crippen LogP contribution in [0.2, 0.25) is 0 Å². The highest BCUT2D eigenvalue weighted by atomic mass is 32.2. The van der Waals surface area contributed by atoms with Gasteiger partial charge < -0.3 is 10.5 Å². The Morgan fingerprint density at radius 2 is 1.72 bits per heavy atom. The second-order valence-corrected chi connectivity index (χ2v) is 8.41. The molecule has 2 unspecified atom stereocenters. The van der Waals surface area contributed by atoms with Gasteiger partial charge >= 0.3 is 0 Å². The van der Waals surface area contributed by atoms with Crippen LogP contribution in [0.3, 0.4) is 0 Å². The minimum Gasteiger partial charge on any atom is -0.372 e. The van der Waals surface area contributed by atoms with Crippen LogP contribution >= 0.6 is 0 Å². The third kappa shape index (κ3) is 2.87. The first kappa shape index (κ1) is 14.2. The fourth-order valence-corrected chi connectivity index (χ4v) is 4.56. The van der Waals surface area contributed by atoms with Gasteiger partial charge in [0.2, 0.25) is 0 Å². The van der Waals surface area contributed by atoms with E-state index in [1.54, 1.807) is 13.8 Å². The van der Waals surface area contributed by atoms with Crippen LogP contribution in [0, 0.1) is 0 Å². The molecule has 6 heteroatoms. The molecule has 106 valence electrons. The Labute approximate surface area is 110 Å². The molecular weight excluding hydrogens is 252 g/mol. The summed E-state index contributed by atoms with van der Waals surface area (Å²) in [5.41, 5.74) is 5.59. The average molecular weight is 276 g/mol. The molecule has 2 rings (SSSR count). The maximum atomic E-state index is 11.9. The molecule has 2 aliphatic rings. The van der Waals surface area contributed by atoms with Gasteiger partial charge in [0, 0.05) is 26.2 Å². The van der Waals surface area contributed by atoms with Gasteiger partial charge in [0.25, 0.3) is 0 Å². The summed E-state index contributed by atoms with van der Waals surface area (Å²) < 4.78 is 29.7. The highest BCUT2D eigenvalue weighted by Crippen LogP contribution is 2.23. The van der Waals surface area contributed by atoms with Crippen molar-refractivity contribution < 1.29 is 13.2 Å². The number of ether oxygens (including phenoxy) is 1. The van der Waals surface area contributed by atoms with E-state index in [2.05, 4.69) is 4.90 Å². The molecule has 0 saturated carbocycles. The zero-order chi connectivity index (χ0) is 13.3. The summed E-state index contributed by atoms with van der Waals surface area (Å²) in [7, 11) is -2.92. The highest BCUT2D eigenvalue weighted by Gasteiger charge is 2.37. The third-order valence-corrected chi connectivity index (χ3v) is 6.61. The second-order valence-electron chi connectivity index (χ2n) is 5.62. The molecule has 0 amide bonds. The van der Waals surface area contributed by atoms with Crippen LogP contribution in [-0.2, 0) is 14.6 Å². The van der Waals surface area contributed by atoms with Gasteiger partial charge in [0.15, 0.2) is 9.84 Å². The van der Waals surface area contributed by atoms with Crippen molar-refractivity contribution in [3.8, 4) is 0 Å². The first-order chi connectivity index (χ1) is 8.43. The van der Waals surface area contributed by atoms with E-state index in [1.807, 2.05) is 0 Å². The molecule has 4 atom stereocenters. The van der Waals surface area contributed by atoms with Crippen molar-refractivity contribution in [1.29, 1.82) is 0 Å². The lowest BCUT2D eigenvalue weighted by atomic mass is 10.2. The van der Waals surface area contributed by atoms with Gasteiger partial charge in [-0.25, -0.2) is 8.42 Å². The lowest BCUT2D eigenvalue weighted by Gasteiger charge is -2.36. The van der Waals surface area contributed by atoms with Crippen molar-refractivity contribution >= 4 is 9.84 Å². The predicted octanol–water partition coefficient (Wildman–Crippen LogP) is 0.000100. The zero-order valence-electron chi connectivity index (χ0n) is 11.2. The van der Waals surface area contributed by atoms with E-state index in [0.717, 1.165) is 19.4 Å². The summed E-state index contributed by atoms with van der Waals surface area (Å²) in [6.07, 6.45) is 2.48. The molecule has 2 N–H and O–H groups in total. The van der Waals surface area contributed by atoms with E-state index in [0.29, 0.717) is 19.6 Å². The zero-order valence-corrected chi connectivity index (χ0v) is 12.0. The molecule has 2 heterocycles. The summed E-state index contributed by atoms with van der Waals surface area (Å²) in [4.78, 5) is 2.22. The van der Waals surface area contributed by atoms with Crippen LogP contribution in [0.25, 0.3) is 0 Å². The van der Waals surface area contributed by atoms with Crippen molar-refractivity contribution in [2.24, 2.45) is 5.73 Å². The van der Waals surface area contributed by atoms with E-state index in [9.17, 15) is 8.42 Å². The number of hydrogen-bond donors (Lipinski definition) is 1. The van der Waals surface area contributed by atoms with Gasteiger partial charge in [-0.05, 0) is 26.7 Å². The molecule has 0 spiro atoms. The van der Waals surface area contributed by atoms with Crippen molar-refractivity contribution in [3.05, 3.63) is 0 Å². The molecule has 0 aliphatic carbocycles. The normalized spacial score (nSPS) is 41.1. The van der Waals surface area contributed by atoms with E-state index in [-0.39, 0.29) is 22.7 Å². The lowest BCUT2D eigenvalue weighted by molar-refractivity contribution is 0.0263. The number of nitrogens with zero attached hydrogens (tertiary/aromatic N) is 1. The van der Waals surface area contributed by atoms with Gasteiger partial charge in [0.05, 0.1) is 22.7 Å². The van der Waals surface area contributed by atoms with Crippen molar-refractivity contribution in [2.75, 3.05) is 26.2 Å². The lowest BCUT2D eigenvalue weighted by Crippen LogP contribution is -2.51. The minimum atomic E-state index is -2.92. The standard InChI is InChI=1S/C12H24N2O3S/c1-9-6-14(7-10(2)18(9,15)16)8-12-4-3-11(5-13)17-12/h9-12H,3-8,13H2,1-2H3/t9?,10?,11-,12+/m1/s1. The van der Waals surface area contributed by atoms with E-state index in [1.165, 1.54) is 0 Å². The third-order valence-electron chi connectivity index (χ3n) is 4.07. The number of sulfone groups is 1. The van der Waals surface area contributed by atoms with Gasteiger partial charge in [-0.1, -0.05) is 0 Å². The average Bonchev–Trinajstić information content (AvgIpc) is 2.74. The van der Waals surface area contributed by atoms with Crippen LogP contribution in [-0.4, -0.2) is 62.2 Å². The van der Waals surface area contributed by atoms with Crippen LogP contribution in [0.5, 0.6) is 0 Å². The molecule has 2 aliphatic heterocycles. The molecular formula is C12H24N2O3S. The molecule has 2 fully saturated rings. The Hall–Kier alpha value is -0.170. The maximum Gasteiger partial charge on any atom is 0.157 e.